The monoisotopic (exact) mass is 186 g/mol. The summed E-state index contributed by atoms with van der Waals surface area (Å²) >= 11 is 0. The molecule has 0 saturated carbocycles. The van der Waals surface area contributed by atoms with Crippen LogP contribution in [0.25, 0.3) is 0 Å². The molecule has 0 unspecified atom stereocenters. The Morgan fingerprint density at radius 2 is 1.15 bits per heavy atom. The molecule has 13 heavy (non-hydrogen) atoms. The van der Waals surface area contributed by atoms with E-state index in [2.05, 4.69) is 27.7 Å². The van der Waals surface area contributed by atoms with Gasteiger partial charge in [0.05, 0.1) is 0 Å². The van der Waals surface area contributed by atoms with Gasteiger partial charge in [0, 0.05) is 0 Å². The first-order valence-corrected chi connectivity index (χ1v) is 4.03. The van der Waals surface area contributed by atoms with Crippen molar-refractivity contribution in [1.29, 1.82) is 10.8 Å². The van der Waals surface area contributed by atoms with Crippen LogP contribution in [-0.4, -0.2) is 12.2 Å². The van der Waals surface area contributed by atoms with E-state index in [1.165, 1.54) is 12.8 Å². The molecule has 4 heteroatoms. The summed E-state index contributed by atoms with van der Waals surface area (Å²) in [5, 5.41) is 10.8. The molecule has 2 N–H and O–H groups in total. The molecule has 0 aliphatic carbocycles. The largest absolute Gasteiger partial charge is 0.231 e. The highest BCUT2D eigenvalue weighted by Crippen LogP contribution is 2.22. The average molecular weight is 186 g/mol. The zero-order chi connectivity index (χ0) is 11.3. The van der Waals surface area contributed by atoms with Gasteiger partial charge in [-0.3, -0.25) is 0 Å². The minimum atomic E-state index is 0.583. The molecule has 0 spiro atoms. The van der Waals surface area contributed by atoms with Crippen LogP contribution >= 0.6 is 0 Å². The lowest BCUT2D eigenvalue weighted by Gasteiger charge is -2.18. The van der Waals surface area contributed by atoms with E-state index in [9.17, 15) is 0 Å². The van der Waals surface area contributed by atoms with Gasteiger partial charge in [-0.25, -0.2) is 20.4 Å². The topological polar surface area (TPSA) is 81.8 Å². The Bertz CT molecular complexity index is 146. The third kappa shape index (κ3) is 36.4. The fraction of sp³-hybridized carbons (Fsp3) is 0.778. The highest BCUT2D eigenvalue weighted by Gasteiger charge is 2.09. The highest BCUT2D eigenvalue weighted by atomic mass is 16.1. The standard InChI is InChI=1S/C7H16.2CHNO/c1-5-7(3,4)6-2;2*2-1-3/h5-6H2,1-4H3;2*2H. The van der Waals surface area contributed by atoms with Gasteiger partial charge >= 0.3 is 0 Å². The maximum Gasteiger partial charge on any atom is 0.231 e. The Balaban J connectivity index is -0.000000140. The van der Waals surface area contributed by atoms with Crippen LogP contribution in [0.1, 0.15) is 40.5 Å². The van der Waals surface area contributed by atoms with Gasteiger partial charge in [-0.2, -0.15) is 0 Å². The van der Waals surface area contributed by atoms with Crippen LogP contribution in [0.3, 0.4) is 0 Å². The van der Waals surface area contributed by atoms with Crippen molar-refractivity contribution in [3.63, 3.8) is 0 Å². The second-order valence-electron chi connectivity index (χ2n) is 3.08. The van der Waals surface area contributed by atoms with E-state index in [1.807, 2.05) is 0 Å². The van der Waals surface area contributed by atoms with E-state index in [0.717, 1.165) is 12.2 Å². The number of rotatable bonds is 2. The third-order valence-corrected chi connectivity index (χ3v) is 1.91. The molecular weight excluding hydrogens is 168 g/mol. The molecule has 0 heterocycles. The summed E-state index contributed by atoms with van der Waals surface area (Å²) in [6.07, 6.45) is 4.09. The van der Waals surface area contributed by atoms with Crippen molar-refractivity contribution in [2.24, 2.45) is 5.41 Å². The van der Waals surface area contributed by atoms with E-state index < -0.39 is 0 Å². The lowest BCUT2D eigenvalue weighted by atomic mass is 9.88. The lowest BCUT2D eigenvalue weighted by molar-refractivity contribution is 0.338. The van der Waals surface area contributed by atoms with Gasteiger partial charge in [0.15, 0.2) is 0 Å². The van der Waals surface area contributed by atoms with Gasteiger partial charge in [-0.15, -0.1) is 0 Å². The van der Waals surface area contributed by atoms with Crippen LogP contribution in [-0.2, 0) is 9.59 Å². The number of hydrogen-bond donors (Lipinski definition) is 2. The first-order valence-electron chi connectivity index (χ1n) is 4.03. The summed E-state index contributed by atoms with van der Waals surface area (Å²) in [6, 6.07) is 0. The van der Waals surface area contributed by atoms with E-state index in [1.54, 1.807) is 0 Å². The van der Waals surface area contributed by atoms with Crippen LogP contribution in [0, 0.1) is 16.2 Å². The Morgan fingerprint density at radius 1 is 1.00 bits per heavy atom. The number of isocyanates is 2. The molecule has 0 aliphatic rings. The Hall–Kier alpha value is -1.24. The maximum atomic E-state index is 8.35. The van der Waals surface area contributed by atoms with Crippen molar-refractivity contribution in [1.82, 2.24) is 0 Å². The number of carbonyl (C=O) groups excluding carboxylic acids is 2. The second-order valence-corrected chi connectivity index (χ2v) is 3.08. The zero-order valence-corrected chi connectivity index (χ0v) is 8.73. The molecular formula is C9H18N2O2. The predicted molar refractivity (Wildman–Crippen MR) is 51.2 cm³/mol. The molecule has 0 atom stereocenters. The van der Waals surface area contributed by atoms with E-state index >= 15 is 0 Å². The predicted octanol–water partition coefficient (Wildman–Crippen LogP) is 2.63. The van der Waals surface area contributed by atoms with Gasteiger partial charge in [-0.05, 0) is 5.41 Å². The first-order chi connectivity index (χ1) is 5.95. The van der Waals surface area contributed by atoms with Crippen molar-refractivity contribution in [2.45, 2.75) is 40.5 Å². The van der Waals surface area contributed by atoms with Crippen LogP contribution in [0.5, 0.6) is 0 Å². The van der Waals surface area contributed by atoms with E-state index in [4.69, 9.17) is 20.4 Å². The Morgan fingerprint density at radius 3 is 1.15 bits per heavy atom. The minimum Gasteiger partial charge on any atom is -0.222 e. The van der Waals surface area contributed by atoms with E-state index in [-0.39, 0.29) is 0 Å². The van der Waals surface area contributed by atoms with Gasteiger partial charge in [0.25, 0.3) is 0 Å². The molecule has 0 aromatic rings. The van der Waals surface area contributed by atoms with Crippen molar-refractivity contribution < 1.29 is 9.59 Å². The van der Waals surface area contributed by atoms with Crippen molar-refractivity contribution in [3.05, 3.63) is 0 Å². The molecule has 0 amide bonds. The molecule has 0 aromatic carbocycles. The van der Waals surface area contributed by atoms with Gasteiger partial charge < -0.3 is 0 Å². The second kappa shape index (κ2) is 13.4. The van der Waals surface area contributed by atoms with Crippen molar-refractivity contribution in [3.8, 4) is 0 Å². The molecule has 0 saturated heterocycles. The molecule has 0 aliphatic heterocycles. The van der Waals surface area contributed by atoms with Gasteiger partial charge in [-0.1, -0.05) is 40.5 Å². The summed E-state index contributed by atoms with van der Waals surface area (Å²) in [6.45, 7) is 9.08. The van der Waals surface area contributed by atoms with Crippen LogP contribution in [0.2, 0.25) is 0 Å². The highest BCUT2D eigenvalue weighted by molar-refractivity contribution is 5.26. The van der Waals surface area contributed by atoms with Gasteiger partial charge in [0.1, 0.15) is 0 Å². The zero-order valence-electron chi connectivity index (χ0n) is 8.73. The van der Waals surface area contributed by atoms with E-state index in [0.29, 0.717) is 5.41 Å². The molecule has 0 bridgehead atoms. The number of nitrogens with one attached hydrogen (secondary N) is 2. The van der Waals surface area contributed by atoms with Crippen LogP contribution in [0.4, 0.5) is 0 Å². The molecule has 0 fully saturated rings. The Labute approximate surface area is 79.4 Å². The van der Waals surface area contributed by atoms with Crippen molar-refractivity contribution in [2.75, 3.05) is 0 Å². The molecule has 4 nitrogen and oxygen atoms in total. The fourth-order valence-electron chi connectivity index (χ4n) is 0.250. The summed E-state index contributed by atoms with van der Waals surface area (Å²) in [5.74, 6) is 0. The van der Waals surface area contributed by atoms with Gasteiger partial charge in [0.2, 0.25) is 12.2 Å². The smallest absolute Gasteiger partial charge is 0.222 e. The Kier molecular flexibility index (Phi) is 18.2. The number of hydrogen-bond acceptors (Lipinski definition) is 4. The third-order valence-electron chi connectivity index (χ3n) is 1.91. The normalized spacial score (nSPS) is 7.69. The maximum absolute atomic E-state index is 8.35. The summed E-state index contributed by atoms with van der Waals surface area (Å²) in [5.41, 5.74) is 0.583. The summed E-state index contributed by atoms with van der Waals surface area (Å²) < 4.78 is 0. The summed E-state index contributed by atoms with van der Waals surface area (Å²) in [7, 11) is 0. The summed E-state index contributed by atoms with van der Waals surface area (Å²) in [4.78, 5) is 16.7. The first kappa shape index (κ1) is 17.7. The molecule has 0 radical (unpaired) electrons. The molecule has 0 rings (SSSR count). The SMILES string of the molecule is CCC(C)(C)CC.N=C=O.N=C=O. The average Bonchev–Trinajstić information content (AvgIpc) is 2.08. The van der Waals surface area contributed by atoms with Crippen molar-refractivity contribution >= 4 is 12.2 Å². The molecule has 76 valence electrons. The van der Waals surface area contributed by atoms with Crippen LogP contribution < -0.4 is 0 Å². The lowest BCUT2D eigenvalue weighted by Crippen LogP contribution is -2.05. The minimum absolute atomic E-state index is 0.583. The quantitative estimate of drug-likeness (QED) is 0.513. The van der Waals surface area contributed by atoms with Crippen LogP contribution in [0.15, 0.2) is 0 Å². The molecule has 0 aromatic heterocycles. The fourth-order valence-corrected chi connectivity index (χ4v) is 0.250.